The van der Waals surface area contributed by atoms with Gasteiger partial charge in [-0.2, -0.15) is 0 Å². The van der Waals surface area contributed by atoms with Crippen molar-refractivity contribution in [1.82, 2.24) is 0 Å². The van der Waals surface area contributed by atoms with E-state index in [0.29, 0.717) is 23.9 Å². The molecule has 9 nitrogen and oxygen atoms in total. The van der Waals surface area contributed by atoms with Gasteiger partial charge in [0.2, 0.25) is 0 Å². The Labute approximate surface area is 503 Å². The summed E-state index contributed by atoms with van der Waals surface area (Å²) in [6.07, 6.45) is 79.8. The maximum absolute atomic E-state index is 12.8. The van der Waals surface area contributed by atoms with E-state index in [1.165, 1.54) is 250 Å². The summed E-state index contributed by atoms with van der Waals surface area (Å²) in [6.45, 7) is 4.47. The van der Waals surface area contributed by atoms with Crippen molar-refractivity contribution in [1.29, 1.82) is 0 Å². The Bertz CT molecular complexity index is 1460. The number of quaternary nitrogens is 1. The molecule has 0 aliphatic carbocycles. The van der Waals surface area contributed by atoms with Gasteiger partial charge in [0.1, 0.15) is 19.8 Å². The van der Waals surface area contributed by atoms with Gasteiger partial charge < -0.3 is 18.9 Å². The van der Waals surface area contributed by atoms with E-state index in [4.69, 9.17) is 18.5 Å². The van der Waals surface area contributed by atoms with Gasteiger partial charge in [-0.1, -0.05) is 326 Å². The number of likely N-dealkylation sites (N-methyl/N-ethyl adjacent to an activating group) is 1. The zero-order valence-electron chi connectivity index (χ0n) is 54.5. The monoisotopic (exact) mass is 1160 g/mol. The van der Waals surface area contributed by atoms with Crippen molar-refractivity contribution < 1.29 is 42.1 Å². The molecule has 0 aromatic carbocycles. The van der Waals surface area contributed by atoms with E-state index in [9.17, 15) is 19.0 Å². The molecule has 0 aromatic rings. The molecule has 10 heteroatoms. The molecular formula is C71H137NO8P+. The van der Waals surface area contributed by atoms with Gasteiger partial charge in [0.05, 0.1) is 27.7 Å². The number of carbonyl (C=O) groups excluding carboxylic acids is 2. The average Bonchev–Trinajstić information content (AvgIpc) is 3.43. The molecule has 2 unspecified atom stereocenters. The van der Waals surface area contributed by atoms with Crippen LogP contribution in [0.1, 0.15) is 354 Å². The van der Waals surface area contributed by atoms with Crippen LogP contribution >= 0.6 is 7.82 Å². The van der Waals surface area contributed by atoms with Gasteiger partial charge in [0.15, 0.2) is 6.10 Å². The molecular weight excluding hydrogens is 1030 g/mol. The summed E-state index contributed by atoms with van der Waals surface area (Å²) in [5, 5.41) is 0. The second kappa shape index (κ2) is 62.8. The molecule has 0 bridgehead atoms. The van der Waals surface area contributed by atoms with E-state index in [-0.39, 0.29) is 25.6 Å². The summed E-state index contributed by atoms with van der Waals surface area (Å²) >= 11 is 0. The molecule has 0 heterocycles. The molecule has 0 saturated heterocycles. The standard InChI is InChI=1S/C71H136NO8P/c1-6-8-10-12-14-16-18-20-22-24-26-28-29-30-31-32-33-34-35-36-37-38-39-40-41-42-44-45-47-49-51-53-55-57-59-61-63-70(73)77-67-69(68-79-81(75,76)78-66-65-72(3,4)5)80-71(74)64-62-60-58-56-54-52-50-48-46-43-27-25-23-21-19-17-15-13-11-9-7-2/h19,21,25,27,46,48,69H,6-18,20,22-24,26,28-45,47,49-68H2,1-5H3/p+1/b21-19-,27-25-,48-46-. The molecule has 0 fully saturated rings. The summed E-state index contributed by atoms with van der Waals surface area (Å²) in [4.78, 5) is 35.8. The van der Waals surface area contributed by atoms with Crippen molar-refractivity contribution in [2.45, 2.75) is 360 Å². The van der Waals surface area contributed by atoms with Crippen LogP contribution in [0.15, 0.2) is 36.5 Å². The maximum atomic E-state index is 12.8. The number of hydrogen-bond acceptors (Lipinski definition) is 7. The summed E-state index contributed by atoms with van der Waals surface area (Å²) in [6, 6.07) is 0. The highest BCUT2D eigenvalue weighted by molar-refractivity contribution is 7.47. The summed E-state index contributed by atoms with van der Waals surface area (Å²) in [7, 11) is 1.48. The average molecular weight is 1160 g/mol. The predicted molar refractivity (Wildman–Crippen MR) is 349 cm³/mol. The molecule has 0 rings (SSSR count). The van der Waals surface area contributed by atoms with Gasteiger partial charge in [-0.05, 0) is 51.4 Å². The first-order chi connectivity index (χ1) is 39.5. The van der Waals surface area contributed by atoms with Gasteiger partial charge in [-0.3, -0.25) is 18.6 Å². The van der Waals surface area contributed by atoms with Crippen molar-refractivity contribution in [3.63, 3.8) is 0 Å². The van der Waals surface area contributed by atoms with Gasteiger partial charge in [-0.25, -0.2) is 4.57 Å². The van der Waals surface area contributed by atoms with Crippen molar-refractivity contribution in [3.8, 4) is 0 Å². The maximum Gasteiger partial charge on any atom is 0.472 e. The Kier molecular flexibility index (Phi) is 61.4. The zero-order valence-corrected chi connectivity index (χ0v) is 55.4. The minimum absolute atomic E-state index is 0.0302. The van der Waals surface area contributed by atoms with Gasteiger partial charge >= 0.3 is 19.8 Å². The van der Waals surface area contributed by atoms with Crippen LogP contribution in [0.4, 0.5) is 0 Å². The minimum atomic E-state index is -4.39. The molecule has 0 aliphatic rings. The first-order valence-electron chi connectivity index (χ1n) is 35.2. The SMILES string of the molecule is CCCCCCC/C=C\C/C=C\C/C=C\CCCCCCCCC(=O)OC(COC(=O)CCCCCCCCCCCCCCCCCCCCCCCCCCCCCCCCCCCCCC)COP(=O)(O)OCC[N+](C)(C)C. The third kappa shape index (κ3) is 67.2. The molecule has 0 aliphatic heterocycles. The molecule has 0 spiro atoms. The van der Waals surface area contributed by atoms with E-state index in [1.807, 2.05) is 21.1 Å². The smallest absolute Gasteiger partial charge is 0.462 e. The largest absolute Gasteiger partial charge is 0.472 e. The van der Waals surface area contributed by atoms with Crippen LogP contribution in [-0.2, 0) is 32.7 Å². The molecule has 478 valence electrons. The number of rotatable bonds is 66. The van der Waals surface area contributed by atoms with Crippen molar-refractivity contribution in [2.24, 2.45) is 0 Å². The second-order valence-electron chi connectivity index (χ2n) is 25.3. The van der Waals surface area contributed by atoms with E-state index in [1.54, 1.807) is 0 Å². The van der Waals surface area contributed by atoms with Gasteiger partial charge in [0.25, 0.3) is 0 Å². The minimum Gasteiger partial charge on any atom is -0.462 e. The molecule has 1 N–H and O–H groups in total. The van der Waals surface area contributed by atoms with Crippen LogP contribution in [0.25, 0.3) is 0 Å². The Morgan fingerprint density at radius 3 is 0.988 bits per heavy atom. The van der Waals surface area contributed by atoms with Crippen molar-refractivity contribution >= 4 is 19.8 Å². The predicted octanol–water partition coefficient (Wildman–Crippen LogP) is 22.7. The summed E-state index contributed by atoms with van der Waals surface area (Å²) in [5.41, 5.74) is 0. The number of phosphoric acid groups is 1. The highest BCUT2D eigenvalue weighted by Gasteiger charge is 2.27. The van der Waals surface area contributed by atoms with Crippen LogP contribution < -0.4 is 0 Å². The second-order valence-corrected chi connectivity index (χ2v) is 26.7. The lowest BCUT2D eigenvalue weighted by molar-refractivity contribution is -0.870. The lowest BCUT2D eigenvalue weighted by Gasteiger charge is -2.24. The summed E-state index contributed by atoms with van der Waals surface area (Å²) in [5.74, 6) is -0.795. The van der Waals surface area contributed by atoms with Crippen molar-refractivity contribution in [3.05, 3.63) is 36.5 Å². The van der Waals surface area contributed by atoms with Crippen LogP contribution in [0, 0.1) is 0 Å². The number of carbonyl (C=O) groups is 2. The number of esters is 2. The molecule has 81 heavy (non-hydrogen) atoms. The topological polar surface area (TPSA) is 108 Å². The number of allylic oxidation sites excluding steroid dienone is 6. The zero-order chi connectivity index (χ0) is 59.1. The van der Waals surface area contributed by atoms with E-state index < -0.39 is 26.5 Å². The molecule has 2 atom stereocenters. The molecule has 0 saturated carbocycles. The number of unbranched alkanes of at least 4 members (excludes halogenated alkanes) is 46. The molecule has 0 aromatic heterocycles. The third-order valence-corrected chi connectivity index (χ3v) is 16.9. The fourth-order valence-corrected chi connectivity index (χ4v) is 11.2. The Morgan fingerprint density at radius 1 is 0.383 bits per heavy atom. The fraction of sp³-hybridized carbons (Fsp3) is 0.887. The lowest BCUT2D eigenvalue weighted by atomic mass is 10.0. The number of hydrogen-bond donors (Lipinski definition) is 1. The number of phosphoric ester groups is 1. The van der Waals surface area contributed by atoms with Crippen LogP contribution in [-0.4, -0.2) is 74.9 Å². The highest BCUT2D eigenvalue weighted by atomic mass is 31.2. The van der Waals surface area contributed by atoms with Gasteiger partial charge in [0, 0.05) is 12.8 Å². The lowest BCUT2D eigenvalue weighted by Crippen LogP contribution is -2.37. The highest BCUT2D eigenvalue weighted by Crippen LogP contribution is 2.43. The van der Waals surface area contributed by atoms with Crippen LogP contribution in [0.5, 0.6) is 0 Å². The van der Waals surface area contributed by atoms with Crippen LogP contribution in [0.2, 0.25) is 0 Å². The third-order valence-electron chi connectivity index (χ3n) is 15.9. The molecule has 0 amide bonds. The normalized spacial score (nSPS) is 13.3. The first-order valence-corrected chi connectivity index (χ1v) is 36.7. The first kappa shape index (κ1) is 79.2. The Hall–Kier alpha value is -1.77. The molecule has 0 radical (unpaired) electrons. The number of nitrogens with zero attached hydrogens (tertiary/aromatic N) is 1. The van der Waals surface area contributed by atoms with Crippen LogP contribution in [0.3, 0.4) is 0 Å². The van der Waals surface area contributed by atoms with Gasteiger partial charge in [-0.15, -0.1) is 0 Å². The fourth-order valence-electron chi connectivity index (χ4n) is 10.5. The van der Waals surface area contributed by atoms with E-state index in [2.05, 4.69) is 50.3 Å². The Balaban J connectivity index is 3.94. The van der Waals surface area contributed by atoms with Crippen molar-refractivity contribution in [2.75, 3.05) is 47.5 Å². The quantitative estimate of drug-likeness (QED) is 0.0211. The Morgan fingerprint density at radius 2 is 0.667 bits per heavy atom. The van der Waals surface area contributed by atoms with E-state index >= 15 is 0 Å². The van der Waals surface area contributed by atoms with E-state index in [0.717, 1.165) is 70.6 Å². The number of ether oxygens (including phenoxy) is 2. The summed E-state index contributed by atoms with van der Waals surface area (Å²) < 4.78 is 34.7.